The van der Waals surface area contributed by atoms with Crippen molar-refractivity contribution in [3.05, 3.63) is 59.1 Å². The number of nitrogens with zero attached hydrogens (tertiary/aromatic N) is 4. The number of hydrogen-bond donors (Lipinski definition) is 0. The summed E-state index contributed by atoms with van der Waals surface area (Å²) < 4.78 is 12.4. The number of tetrazole rings is 1. The number of para-hydroxylation sites is 2. The molecule has 3 rings (SSSR count). The third kappa shape index (κ3) is 5.21. The summed E-state index contributed by atoms with van der Waals surface area (Å²) in [5, 5.41) is 12.8. The topological polar surface area (TPSA) is 79.1 Å². The second-order valence-corrected chi connectivity index (χ2v) is 6.73. The molecule has 0 spiro atoms. The van der Waals surface area contributed by atoms with E-state index in [4.69, 9.17) is 21.1 Å². The van der Waals surface area contributed by atoms with Gasteiger partial charge in [0.05, 0.1) is 12.4 Å². The molecular formula is C18H17ClN4O3S. The first-order valence-corrected chi connectivity index (χ1v) is 9.57. The number of carbonyl (C=O) groups excluding carboxylic acids is 1. The minimum Gasteiger partial charge on any atom is -0.492 e. The lowest BCUT2D eigenvalue weighted by Crippen LogP contribution is -2.09. The Balaban J connectivity index is 1.60. The van der Waals surface area contributed by atoms with Gasteiger partial charge in [-0.15, -0.1) is 5.10 Å². The minimum absolute atomic E-state index is 0.0881. The van der Waals surface area contributed by atoms with Crippen molar-refractivity contribution in [3.63, 3.8) is 0 Å². The van der Waals surface area contributed by atoms with E-state index in [9.17, 15) is 4.79 Å². The Kier molecular flexibility index (Phi) is 6.67. The van der Waals surface area contributed by atoms with Crippen molar-refractivity contribution < 1.29 is 14.3 Å². The normalized spacial score (nSPS) is 10.6. The molecule has 0 radical (unpaired) electrons. The van der Waals surface area contributed by atoms with Crippen LogP contribution in [0.4, 0.5) is 0 Å². The highest BCUT2D eigenvalue weighted by atomic mass is 35.5. The molecule has 7 nitrogen and oxygen atoms in total. The standard InChI is InChI=1S/C18H17ClN4O3S/c1-2-25-16-6-4-3-5-15(16)23-18(20-21-22-23)27-12-17(24)26-11-13-7-9-14(19)10-8-13/h3-10H,2,11-12H2,1H3. The van der Waals surface area contributed by atoms with Crippen molar-refractivity contribution in [3.8, 4) is 11.4 Å². The molecule has 9 heteroatoms. The van der Waals surface area contributed by atoms with E-state index in [1.54, 1.807) is 16.8 Å². The summed E-state index contributed by atoms with van der Waals surface area (Å²) in [5.41, 5.74) is 1.58. The third-order valence-electron chi connectivity index (χ3n) is 3.47. The summed E-state index contributed by atoms with van der Waals surface area (Å²) in [5.74, 6) is 0.396. The summed E-state index contributed by atoms with van der Waals surface area (Å²) in [6, 6.07) is 14.6. The van der Waals surface area contributed by atoms with E-state index in [1.807, 2.05) is 43.3 Å². The molecule has 0 bridgehead atoms. The molecule has 0 amide bonds. The number of aromatic nitrogens is 4. The van der Waals surface area contributed by atoms with Gasteiger partial charge in [-0.3, -0.25) is 4.79 Å². The molecule has 0 aliphatic carbocycles. The first-order chi connectivity index (χ1) is 13.2. The minimum atomic E-state index is -0.359. The lowest BCUT2D eigenvalue weighted by atomic mass is 10.2. The van der Waals surface area contributed by atoms with Crippen LogP contribution >= 0.6 is 23.4 Å². The molecule has 2 aromatic carbocycles. The zero-order valence-corrected chi connectivity index (χ0v) is 16.1. The van der Waals surface area contributed by atoms with Crippen LogP contribution in [0.1, 0.15) is 12.5 Å². The van der Waals surface area contributed by atoms with Gasteiger partial charge in [0.25, 0.3) is 0 Å². The molecule has 1 heterocycles. The van der Waals surface area contributed by atoms with Gasteiger partial charge in [-0.1, -0.05) is 47.6 Å². The second-order valence-electron chi connectivity index (χ2n) is 5.35. The zero-order valence-electron chi connectivity index (χ0n) is 14.5. The van der Waals surface area contributed by atoms with E-state index in [-0.39, 0.29) is 18.3 Å². The van der Waals surface area contributed by atoms with Gasteiger partial charge in [-0.2, -0.15) is 4.68 Å². The molecule has 0 aliphatic rings. The predicted molar refractivity (Wildman–Crippen MR) is 102 cm³/mol. The average molecular weight is 405 g/mol. The fourth-order valence-corrected chi connectivity index (χ4v) is 3.05. The van der Waals surface area contributed by atoms with Crippen LogP contribution in [0, 0.1) is 0 Å². The Labute approximate surface area is 165 Å². The highest BCUT2D eigenvalue weighted by Crippen LogP contribution is 2.26. The van der Waals surface area contributed by atoms with Crippen molar-refractivity contribution in [1.82, 2.24) is 20.2 Å². The van der Waals surface area contributed by atoms with Crippen LogP contribution in [0.15, 0.2) is 53.7 Å². The molecule has 0 N–H and O–H groups in total. The number of rotatable bonds is 8. The van der Waals surface area contributed by atoms with Crippen LogP contribution in [0.5, 0.6) is 5.75 Å². The third-order valence-corrected chi connectivity index (χ3v) is 4.61. The van der Waals surface area contributed by atoms with E-state index in [1.165, 1.54) is 11.8 Å². The number of benzene rings is 2. The lowest BCUT2D eigenvalue weighted by molar-refractivity contribution is -0.141. The zero-order chi connectivity index (χ0) is 19.1. The Bertz CT molecular complexity index is 902. The van der Waals surface area contributed by atoms with E-state index in [0.29, 0.717) is 28.2 Å². The molecule has 0 fully saturated rings. The van der Waals surface area contributed by atoms with Crippen LogP contribution in [-0.2, 0) is 16.1 Å². The van der Waals surface area contributed by atoms with Gasteiger partial charge >= 0.3 is 5.97 Å². The number of thioether (sulfide) groups is 1. The molecular weight excluding hydrogens is 388 g/mol. The van der Waals surface area contributed by atoms with Gasteiger partial charge in [0, 0.05) is 5.02 Å². The Morgan fingerprint density at radius 2 is 1.96 bits per heavy atom. The summed E-state index contributed by atoms with van der Waals surface area (Å²) in [7, 11) is 0. The monoisotopic (exact) mass is 404 g/mol. The fraction of sp³-hybridized carbons (Fsp3) is 0.222. The van der Waals surface area contributed by atoms with Gasteiger partial charge in [-0.05, 0) is 47.2 Å². The maximum atomic E-state index is 12.0. The van der Waals surface area contributed by atoms with Crippen molar-refractivity contribution in [2.24, 2.45) is 0 Å². The van der Waals surface area contributed by atoms with E-state index in [2.05, 4.69) is 15.5 Å². The van der Waals surface area contributed by atoms with Crippen molar-refractivity contribution in [1.29, 1.82) is 0 Å². The quantitative estimate of drug-likeness (QED) is 0.419. The predicted octanol–water partition coefficient (Wildman–Crippen LogP) is 3.55. The maximum Gasteiger partial charge on any atom is 0.316 e. The molecule has 3 aromatic rings. The van der Waals surface area contributed by atoms with Gasteiger partial charge in [0.15, 0.2) is 0 Å². The molecule has 0 unspecified atom stereocenters. The van der Waals surface area contributed by atoms with E-state index < -0.39 is 0 Å². The van der Waals surface area contributed by atoms with E-state index in [0.717, 1.165) is 5.56 Å². The van der Waals surface area contributed by atoms with Gasteiger partial charge < -0.3 is 9.47 Å². The molecule has 0 saturated carbocycles. The number of hydrogen-bond acceptors (Lipinski definition) is 7. The number of ether oxygens (including phenoxy) is 2. The average Bonchev–Trinajstić information content (AvgIpc) is 3.15. The summed E-state index contributed by atoms with van der Waals surface area (Å²) >= 11 is 7.03. The molecule has 27 heavy (non-hydrogen) atoms. The second kappa shape index (κ2) is 9.38. The smallest absolute Gasteiger partial charge is 0.316 e. The van der Waals surface area contributed by atoms with Crippen molar-refractivity contribution in [2.75, 3.05) is 12.4 Å². The molecule has 1 aromatic heterocycles. The first kappa shape index (κ1) is 19.2. The molecule has 0 atom stereocenters. The van der Waals surface area contributed by atoms with Crippen molar-refractivity contribution >= 4 is 29.3 Å². The number of esters is 1. The van der Waals surface area contributed by atoms with Gasteiger partial charge in [0.1, 0.15) is 18.0 Å². The largest absolute Gasteiger partial charge is 0.492 e. The van der Waals surface area contributed by atoms with Crippen molar-refractivity contribution in [2.45, 2.75) is 18.7 Å². The Morgan fingerprint density at radius 1 is 1.19 bits per heavy atom. The van der Waals surface area contributed by atoms with Crippen LogP contribution in [0.2, 0.25) is 5.02 Å². The Morgan fingerprint density at radius 3 is 2.74 bits per heavy atom. The van der Waals surface area contributed by atoms with Crippen LogP contribution in [0.3, 0.4) is 0 Å². The van der Waals surface area contributed by atoms with Gasteiger partial charge in [-0.25, -0.2) is 0 Å². The summed E-state index contributed by atoms with van der Waals surface area (Å²) in [4.78, 5) is 12.0. The summed E-state index contributed by atoms with van der Waals surface area (Å²) in [6.45, 7) is 2.62. The molecule has 140 valence electrons. The maximum absolute atomic E-state index is 12.0. The molecule has 0 aliphatic heterocycles. The SMILES string of the molecule is CCOc1ccccc1-n1nnnc1SCC(=O)OCc1ccc(Cl)cc1. The highest BCUT2D eigenvalue weighted by Gasteiger charge is 2.15. The van der Waals surface area contributed by atoms with Gasteiger partial charge in [0.2, 0.25) is 5.16 Å². The first-order valence-electron chi connectivity index (χ1n) is 8.21. The van der Waals surface area contributed by atoms with E-state index >= 15 is 0 Å². The van der Waals surface area contributed by atoms with Crippen LogP contribution < -0.4 is 4.74 Å². The molecule has 0 saturated heterocycles. The van der Waals surface area contributed by atoms with Crippen LogP contribution in [-0.4, -0.2) is 38.5 Å². The highest BCUT2D eigenvalue weighted by molar-refractivity contribution is 7.99. The fourth-order valence-electron chi connectivity index (χ4n) is 2.24. The number of halogens is 1. The summed E-state index contributed by atoms with van der Waals surface area (Å²) in [6.07, 6.45) is 0. The lowest BCUT2D eigenvalue weighted by Gasteiger charge is -2.10. The Hall–Kier alpha value is -2.58. The number of carbonyl (C=O) groups is 1. The van der Waals surface area contributed by atoms with Crippen LogP contribution in [0.25, 0.3) is 5.69 Å².